The van der Waals surface area contributed by atoms with Crippen LogP contribution in [0.3, 0.4) is 0 Å². The lowest BCUT2D eigenvalue weighted by molar-refractivity contribution is 0.277. The molecule has 0 radical (unpaired) electrons. The number of pyridine rings is 1. The van der Waals surface area contributed by atoms with Gasteiger partial charge in [0.1, 0.15) is 5.03 Å². The van der Waals surface area contributed by atoms with Crippen LogP contribution in [0.2, 0.25) is 0 Å². The van der Waals surface area contributed by atoms with Crippen LogP contribution in [0.1, 0.15) is 44.6 Å². The third kappa shape index (κ3) is 4.76. The van der Waals surface area contributed by atoms with Crippen LogP contribution in [-0.4, -0.2) is 12.1 Å². The van der Waals surface area contributed by atoms with Crippen molar-refractivity contribution >= 4 is 11.8 Å². The van der Waals surface area contributed by atoms with Gasteiger partial charge in [0, 0.05) is 11.0 Å². The lowest BCUT2D eigenvalue weighted by Crippen LogP contribution is -2.13. The Morgan fingerprint density at radius 2 is 1.79 bits per heavy atom. The normalized spacial score (nSPS) is 20.8. The lowest BCUT2D eigenvalue weighted by Gasteiger charge is -2.26. The molecule has 1 aromatic heterocycles. The van der Waals surface area contributed by atoms with Crippen LogP contribution in [0, 0.1) is 11.8 Å². The van der Waals surface area contributed by atoms with Gasteiger partial charge in [-0.3, -0.25) is 0 Å². The zero-order valence-electron chi connectivity index (χ0n) is 14.7. The average molecular weight is 342 g/mol. The van der Waals surface area contributed by atoms with Gasteiger partial charge in [-0.05, 0) is 42.4 Å². The SMILES string of the molecule is COc1ccc(CCC2CCC(C)CC2)c(Sc2ccccc2)n1. The van der Waals surface area contributed by atoms with Crippen molar-refractivity contribution < 1.29 is 4.74 Å². The van der Waals surface area contributed by atoms with E-state index in [1.54, 1.807) is 18.9 Å². The molecular weight excluding hydrogens is 314 g/mol. The zero-order valence-corrected chi connectivity index (χ0v) is 15.5. The fourth-order valence-corrected chi connectivity index (χ4v) is 4.38. The van der Waals surface area contributed by atoms with E-state index in [4.69, 9.17) is 9.72 Å². The Kier molecular flexibility index (Phi) is 6.19. The first-order chi connectivity index (χ1) is 11.7. The first kappa shape index (κ1) is 17.3. The number of methoxy groups -OCH3 is 1. The smallest absolute Gasteiger partial charge is 0.214 e. The molecule has 1 saturated carbocycles. The van der Waals surface area contributed by atoms with Gasteiger partial charge >= 0.3 is 0 Å². The fraction of sp³-hybridized carbons (Fsp3) is 0.476. The molecule has 0 atom stereocenters. The highest BCUT2D eigenvalue weighted by atomic mass is 32.2. The molecule has 3 heteroatoms. The van der Waals surface area contributed by atoms with Gasteiger partial charge < -0.3 is 4.74 Å². The van der Waals surface area contributed by atoms with Crippen LogP contribution in [0.15, 0.2) is 52.4 Å². The molecule has 3 rings (SSSR count). The van der Waals surface area contributed by atoms with E-state index in [1.807, 2.05) is 12.1 Å². The second kappa shape index (κ2) is 8.57. The summed E-state index contributed by atoms with van der Waals surface area (Å²) in [6, 6.07) is 14.7. The third-order valence-corrected chi connectivity index (χ3v) is 6.09. The molecule has 1 fully saturated rings. The van der Waals surface area contributed by atoms with Gasteiger partial charge in [0.25, 0.3) is 0 Å². The van der Waals surface area contributed by atoms with Crippen molar-refractivity contribution in [3.63, 3.8) is 0 Å². The maximum atomic E-state index is 5.33. The number of hydrogen-bond donors (Lipinski definition) is 0. The minimum atomic E-state index is 0.698. The van der Waals surface area contributed by atoms with Gasteiger partial charge in [-0.1, -0.05) is 68.6 Å². The summed E-state index contributed by atoms with van der Waals surface area (Å²) in [5.74, 6) is 2.51. The topological polar surface area (TPSA) is 22.1 Å². The van der Waals surface area contributed by atoms with Crippen LogP contribution in [0.25, 0.3) is 0 Å². The molecule has 0 spiro atoms. The Morgan fingerprint density at radius 1 is 1.04 bits per heavy atom. The molecule has 0 amide bonds. The molecule has 1 aliphatic rings. The van der Waals surface area contributed by atoms with Crippen molar-refractivity contribution in [2.45, 2.75) is 55.4 Å². The summed E-state index contributed by atoms with van der Waals surface area (Å²) in [4.78, 5) is 5.93. The average Bonchev–Trinajstić information content (AvgIpc) is 2.63. The molecule has 0 aliphatic heterocycles. The molecule has 0 bridgehead atoms. The molecule has 1 aliphatic carbocycles. The Balaban J connectivity index is 1.69. The van der Waals surface area contributed by atoms with Gasteiger partial charge in [0.2, 0.25) is 5.88 Å². The van der Waals surface area contributed by atoms with Gasteiger partial charge in [-0.15, -0.1) is 0 Å². The Hall–Kier alpha value is -1.48. The van der Waals surface area contributed by atoms with E-state index in [1.165, 1.54) is 42.6 Å². The van der Waals surface area contributed by atoms with E-state index in [2.05, 4.69) is 37.3 Å². The van der Waals surface area contributed by atoms with Crippen LogP contribution < -0.4 is 4.74 Å². The van der Waals surface area contributed by atoms with Crippen molar-refractivity contribution in [2.75, 3.05) is 7.11 Å². The van der Waals surface area contributed by atoms with E-state index < -0.39 is 0 Å². The molecule has 1 heterocycles. The second-order valence-corrected chi connectivity index (χ2v) is 7.96. The monoisotopic (exact) mass is 341 g/mol. The summed E-state index contributed by atoms with van der Waals surface area (Å²) in [6.07, 6.45) is 7.99. The van der Waals surface area contributed by atoms with Gasteiger partial charge in [0.15, 0.2) is 0 Å². The third-order valence-electron chi connectivity index (χ3n) is 5.04. The van der Waals surface area contributed by atoms with E-state index in [0.29, 0.717) is 5.88 Å². The molecule has 0 N–H and O–H groups in total. The predicted molar refractivity (Wildman–Crippen MR) is 101 cm³/mol. The van der Waals surface area contributed by atoms with Crippen LogP contribution >= 0.6 is 11.8 Å². The molecule has 2 aromatic rings. The zero-order chi connectivity index (χ0) is 16.8. The Bertz CT molecular complexity index is 636. The number of nitrogens with zero attached hydrogens (tertiary/aromatic N) is 1. The van der Waals surface area contributed by atoms with Crippen molar-refractivity contribution in [2.24, 2.45) is 11.8 Å². The number of ether oxygens (including phenoxy) is 1. The number of aromatic nitrogens is 1. The highest BCUT2D eigenvalue weighted by molar-refractivity contribution is 7.99. The molecule has 24 heavy (non-hydrogen) atoms. The minimum Gasteiger partial charge on any atom is -0.481 e. The Morgan fingerprint density at radius 3 is 2.50 bits per heavy atom. The van der Waals surface area contributed by atoms with E-state index in [0.717, 1.165) is 23.3 Å². The molecular formula is C21H27NOS. The summed E-state index contributed by atoms with van der Waals surface area (Å²) in [5, 5.41) is 1.09. The summed E-state index contributed by atoms with van der Waals surface area (Å²) in [6.45, 7) is 2.39. The van der Waals surface area contributed by atoms with Crippen LogP contribution in [-0.2, 0) is 6.42 Å². The first-order valence-electron chi connectivity index (χ1n) is 9.01. The predicted octanol–water partition coefficient (Wildman–Crippen LogP) is 6.00. The maximum Gasteiger partial charge on any atom is 0.214 e. The summed E-state index contributed by atoms with van der Waals surface area (Å²) in [7, 11) is 1.68. The minimum absolute atomic E-state index is 0.698. The van der Waals surface area contributed by atoms with Crippen LogP contribution in [0.5, 0.6) is 5.88 Å². The van der Waals surface area contributed by atoms with E-state index >= 15 is 0 Å². The molecule has 2 nitrogen and oxygen atoms in total. The molecule has 0 saturated heterocycles. The molecule has 1 aromatic carbocycles. The number of benzene rings is 1. The highest BCUT2D eigenvalue weighted by Crippen LogP contribution is 2.34. The molecule has 0 unspecified atom stereocenters. The summed E-state index contributed by atoms with van der Waals surface area (Å²) in [5.41, 5.74) is 1.35. The Labute approximate surface area is 150 Å². The van der Waals surface area contributed by atoms with Gasteiger partial charge in [-0.25, -0.2) is 4.98 Å². The highest BCUT2D eigenvalue weighted by Gasteiger charge is 2.19. The summed E-state index contributed by atoms with van der Waals surface area (Å²) >= 11 is 1.74. The lowest BCUT2D eigenvalue weighted by atomic mass is 9.80. The van der Waals surface area contributed by atoms with Gasteiger partial charge in [-0.2, -0.15) is 0 Å². The van der Waals surface area contributed by atoms with Crippen LogP contribution in [0.4, 0.5) is 0 Å². The van der Waals surface area contributed by atoms with E-state index in [9.17, 15) is 0 Å². The fourth-order valence-electron chi connectivity index (χ4n) is 3.42. The van der Waals surface area contributed by atoms with Crippen molar-refractivity contribution in [3.05, 3.63) is 48.0 Å². The molecule has 128 valence electrons. The maximum absolute atomic E-state index is 5.33. The van der Waals surface area contributed by atoms with E-state index in [-0.39, 0.29) is 0 Å². The van der Waals surface area contributed by atoms with Crippen molar-refractivity contribution in [1.29, 1.82) is 0 Å². The number of aryl methyl sites for hydroxylation is 1. The van der Waals surface area contributed by atoms with Crippen molar-refractivity contribution in [3.8, 4) is 5.88 Å². The quantitative estimate of drug-likeness (QED) is 0.643. The number of rotatable bonds is 6. The van der Waals surface area contributed by atoms with Crippen molar-refractivity contribution in [1.82, 2.24) is 4.98 Å². The largest absolute Gasteiger partial charge is 0.481 e. The standard InChI is InChI=1S/C21H27NOS/c1-16-8-10-17(11-9-16)12-13-18-14-15-20(23-2)22-21(18)24-19-6-4-3-5-7-19/h3-7,14-17H,8-13H2,1-2H3. The summed E-state index contributed by atoms with van der Waals surface area (Å²) < 4.78 is 5.33. The second-order valence-electron chi connectivity index (χ2n) is 6.90. The number of hydrogen-bond acceptors (Lipinski definition) is 3. The van der Waals surface area contributed by atoms with Gasteiger partial charge in [0.05, 0.1) is 7.11 Å². The first-order valence-corrected chi connectivity index (χ1v) is 9.83.